The van der Waals surface area contributed by atoms with Gasteiger partial charge in [0.15, 0.2) is 6.29 Å². The van der Waals surface area contributed by atoms with Crippen molar-refractivity contribution in [1.29, 1.82) is 0 Å². The van der Waals surface area contributed by atoms with Gasteiger partial charge in [-0.25, -0.2) is 0 Å². The van der Waals surface area contributed by atoms with Crippen molar-refractivity contribution < 1.29 is 46.0 Å². The molecule has 1 aliphatic heterocycles. The number of benzene rings is 2. The molecule has 2 N–H and O–H groups in total. The van der Waals surface area contributed by atoms with Gasteiger partial charge in [0, 0.05) is 17.4 Å². The zero-order valence-electron chi connectivity index (χ0n) is 19.4. The summed E-state index contributed by atoms with van der Waals surface area (Å²) < 4.78 is 91.8. The van der Waals surface area contributed by atoms with E-state index in [2.05, 4.69) is 0 Å². The molecule has 2 aromatic carbocycles. The van der Waals surface area contributed by atoms with Crippen LogP contribution in [-0.4, -0.2) is 47.3 Å². The minimum Gasteiger partial charge on any atom is -0.396 e. The highest BCUT2D eigenvalue weighted by Crippen LogP contribution is 2.42. The van der Waals surface area contributed by atoms with Crippen molar-refractivity contribution in [2.75, 3.05) is 24.7 Å². The Hall–Kier alpha value is -1.79. The van der Waals surface area contributed by atoms with Crippen LogP contribution in [0.1, 0.15) is 47.6 Å². The number of alkyl halides is 6. The van der Waals surface area contributed by atoms with Crippen LogP contribution in [-0.2, 0) is 21.8 Å². The summed E-state index contributed by atoms with van der Waals surface area (Å²) in [6, 6.07) is 10.4. The summed E-state index contributed by atoms with van der Waals surface area (Å²) in [4.78, 5) is 0. The Morgan fingerprint density at radius 3 is 2.19 bits per heavy atom. The molecule has 0 saturated carbocycles. The van der Waals surface area contributed by atoms with Crippen molar-refractivity contribution >= 4 is 11.8 Å². The third-order valence-corrected chi connectivity index (χ3v) is 7.16. The van der Waals surface area contributed by atoms with Crippen LogP contribution in [0.25, 0.3) is 0 Å². The molecule has 5 atom stereocenters. The summed E-state index contributed by atoms with van der Waals surface area (Å²) in [5.41, 5.74) is -2.35. The Morgan fingerprint density at radius 2 is 1.64 bits per heavy atom. The highest BCUT2D eigenvalue weighted by atomic mass is 32.2. The van der Waals surface area contributed by atoms with Gasteiger partial charge in [-0.1, -0.05) is 30.3 Å². The monoisotopic (exact) mass is 538 g/mol. The Labute approximate surface area is 209 Å². The first-order chi connectivity index (χ1) is 16.9. The third kappa shape index (κ3) is 7.38. The molecule has 4 unspecified atom stereocenters. The molecule has 2 aromatic rings. The SMILES string of the molecule is C[C@@H](OC1OCCC(C(O)CSCCO)C1c1ccccc1)c1cc(C(F)(F)F)cc(C(F)(F)F)c1. The predicted molar refractivity (Wildman–Crippen MR) is 123 cm³/mol. The quantitative estimate of drug-likeness (QED) is 0.302. The van der Waals surface area contributed by atoms with Gasteiger partial charge in [-0.15, -0.1) is 0 Å². The molecule has 0 radical (unpaired) electrons. The zero-order valence-corrected chi connectivity index (χ0v) is 20.2. The Kier molecular flexibility index (Phi) is 9.73. The first-order valence-corrected chi connectivity index (χ1v) is 12.6. The molecule has 36 heavy (non-hydrogen) atoms. The van der Waals surface area contributed by atoms with Gasteiger partial charge in [0.05, 0.1) is 36.5 Å². The first-order valence-electron chi connectivity index (χ1n) is 11.4. The molecule has 0 amide bonds. The summed E-state index contributed by atoms with van der Waals surface area (Å²) in [6.07, 6.45) is -12.4. The largest absolute Gasteiger partial charge is 0.416 e. The average Bonchev–Trinajstić information content (AvgIpc) is 2.83. The van der Waals surface area contributed by atoms with Gasteiger partial charge in [0.2, 0.25) is 0 Å². The van der Waals surface area contributed by atoms with Crippen LogP contribution in [0.15, 0.2) is 48.5 Å². The highest BCUT2D eigenvalue weighted by molar-refractivity contribution is 7.99. The van der Waals surface area contributed by atoms with Crippen LogP contribution in [0.4, 0.5) is 26.3 Å². The lowest BCUT2D eigenvalue weighted by atomic mass is 9.79. The van der Waals surface area contributed by atoms with Crippen LogP contribution in [0.2, 0.25) is 0 Å². The van der Waals surface area contributed by atoms with Crippen molar-refractivity contribution in [2.45, 2.75) is 50.1 Å². The Balaban J connectivity index is 1.91. The van der Waals surface area contributed by atoms with Crippen molar-refractivity contribution in [3.63, 3.8) is 0 Å². The molecule has 0 spiro atoms. The van der Waals surface area contributed by atoms with E-state index in [0.717, 1.165) is 5.56 Å². The second-order valence-corrected chi connectivity index (χ2v) is 9.76. The Bertz CT molecular complexity index is 937. The van der Waals surface area contributed by atoms with Crippen LogP contribution in [0, 0.1) is 5.92 Å². The summed E-state index contributed by atoms with van der Waals surface area (Å²) in [5, 5.41) is 19.9. The topological polar surface area (TPSA) is 58.9 Å². The van der Waals surface area contributed by atoms with E-state index in [4.69, 9.17) is 14.6 Å². The molecule has 0 aliphatic carbocycles. The molecule has 200 valence electrons. The lowest BCUT2D eigenvalue weighted by Crippen LogP contribution is -2.43. The average molecular weight is 539 g/mol. The minimum absolute atomic E-state index is 0.0343. The number of halogens is 6. The maximum absolute atomic E-state index is 13.3. The van der Waals surface area contributed by atoms with E-state index >= 15 is 0 Å². The van der Waals surface area contributed by atoms with E-state index in [1.807, 2.05) is 12.1 Å². The number of aliphatic hydroxyl groups is 2. The number of hydrogen-bond donors (Lipinski definition) is 2. The summed E-state index contributed by atoms with van der Waals surface area (Å²) >= 11 is 1.38. The van der Waals surface area contributed by atoms with Gasteiger partial charge in [-0.05, 0) is 48.6 Å². The fraction of sp³-hybridized carbons (Fsp3) is 0.520. The molecule has 1 saturated heterocycles. The minimum atomic E-state index is -4.97. The maximum Gasteiger partial charge on any atom is 0.416 e. The number of hydrogen-bond acceptors (Lipinski definition) is 5. The summed E-state index contributed by atoms with van der Waals surface area (Å²) in [6.45, 7) is 1.54. The zero-order chi connectivity index (χ0) is 26.5. The second-order valence-electron chi connectivity index (χ2n) is 8.61. The number of thioether (sulfide) groups is 1. The first kappa shape index (κ1) is 28.8. The van der Waals surface area contributed by atoms with Crippen molar-refractivity contribution in [1.82, 2.24) is 0 Å². The predicted octanol–water partition coefficient (Wildman–Crippen LogP) is 6.03. The van der Waals surface area contributed by atoms with Gasteiger partial charge in [0.1, 0.15) is 0 Å². The van der Waals surface area contributed by atoms with Gasteiger partial charge in [-0.2, -0.15) is 38.1 Å². The summed E-state index contributed by atoms with van der Waals surface area (Å²) in [5.74, 6) is -0.0548. The molecule has 1 heterocycles. The number of rotatable bonds is 9. The van der Waals surface area contributed by atoms with Crippen molar-refractivity contribution in [3.05, 3.63) is 70.8 Å². The highest BCUT2D eigenvalue weighted by Gasteiger charge is 2.41. The molecular formula is C25H28F6O4S. The van der Waals surface area contributed by atoms with Gasteiger partial charge >= 0.3 is 12.4 Å². The van der Waals surface area contributed by atoms with Gasteiger partial charge in [0.25, 0.3) is 0 Å². The van der Waals surface area contributed by atoms with E-state index in [-0.39, 0.29) is 30.8 Å². The number of ether oxygens (including phenoxy) is 2. The van der Waals surface area contributed by atoms with Crippen molar-refractivity contribution in [3.8, 4) is 0 Å². The normalized spacial score (nSPS) is 22.9. The molecule has 0 bridgehead atoms. The van der Waals surface area contributed by atoms with E-state index in [1.54, 1.807) is 18.2 Å². The fourth-order valence-electron chi connectivity index (χ4n) is 4.33. The van der Waals surface area contributed by atoms with E-state index in [1.165, 1.54) is 18.7 Å². The van der Waals surface area contributed by atoms with Crippen LogP contribution >= 0.6 is 11.8 Å². The lowest BCUT2D eigenvalue weighted by molar-refractivity contribution is -0.216. The van der Waals surface area contributed by atoms with Crippen molar-refractivity contribution in [2.24, 2.45) is 5.92 Å². The molecule has 0 aromatic heterocycles. The molecule has 3 rings (SSSR count). The Morgan fingerprint density at radius 1 is 1.03 bits per heavy atom. The maximum atomic E-state index is 13.3. The molecule has 11 heteroatoms. The van der Waals surface area contributed by atoms with E-state index in [0.29, 0.717) is 30.1 Å². The van der Waals surface area contributed by atoms with Gasteiger partial charge < -0.3 is 19.7 Å². The van der Waals surface area contributed by atoms with Gasteiger partial charge in [-0.3, -0.25) is 0 Å². The second kappa shape index (κ2) is 12.2. The molecule has 4 nitrogen and oxygen atoms in total. The standard InChI is InChI=1S/C25H28F6O4S/c1-15(17-11-18(24(26,27)28)13-19(12-17)25(29,30)31)35-23-22(16-5-3-2-4-6-16)20(7-9-34-23)21(33)14-36-10-8-32/h2-6,11-13,15,20-23,32-33H,7-10,14H2,1H3/t15-,20?,21?,22?,23?/m1/s1. The molecule has 1 aliphatic rings. The smallest absolute Gasteiger partial charge is 0.396 e. The molecular weight excluding hydrogens is 510 g/mol. The number of aliphatic hydroxyl groups excluding tert-OH is 2. The van der Waals surface area contributed by atoms with E-state index < -0.39 is 47.9 Å². The lowest BCUT2D eigenvalue weighted by Gasteiger charge is -2.41. The summed E-state index contributed by atoms with van der Waals surface area (Å²) in [7, 11) is 0. The third-order valence-electron chi connectivity index (χ3n) is 6.11. The van der Waals surface area contributed by atoms with Crippen LogP contribution in [0.5, 0.6) is 0 Å². The van der Waals surface area contributed by atoms with Crippen LogP contribution in [0.3, 0.4) is 0 Å². The van der Waals surface area contributed by atoms with Crippen LogP contribution < -0.4 is 0 Å². The fourth-order valence-corrected chi connectivity index (χ4v) is 5.11. The molecule has 1 fully saturated rings. The van der Waals surface area contributed by atoms with E-state index in [9.17, 15) is 31.4 Å².